The van der Waals surface area contributed by atoms with Gasteiger partial charge in [-0.2, -0.15) is 0 Å². The Hall–Kier alpha value is -0.380. The molecule has 1 aliphatic heterocycles. The van der Waals surface area contributed by atoms with Gasteiger partial charge >= 0.3 is 0 Å². The Kier molecular flexibility index (Phi) is 3.21. The molecule has 1 aromatic carbocycles. The monoisotopic (exact) mass is 254 g/mol. The molecule has 2 unspecified atom stereocenters. The zero-order valence-corrected chi connectivity index (χ0v) is 9.63. The Morgan fingerprint density at radius 3 is 2.64 bits per heavy atom. The van der Waals surface area contributed by atoms with E-state index >= 15 is 0 Å². The summed E-state index contributed by atoms with van der Waals surface area (Å²) in [5, 5.41) is 3.43. The number of halogens is 1. The van der Waals surface area contributed by atoms with E-state index in [2.05, 4.69) is 33.4 Å². The minimum atomic E-state index is 0.130. The van der Waals surface area contributed by atoms with Gasteiger partial charge in [-0.25, -0.2) is 0 Å². The van der Waals surface area contributed by atoms with Crippen LogP contribution in [0.5, 0.6) is 0 Å². The predicted molar refractivity (Wildman–Crippen MR) is 62.1 cm³/mol. The third-order valence-corrected chi connectivity index (χ3v) is 3.32. The van der Waals surface area contributed by atoms with Crippen LogP contribution in [0, 0.1) is 0 Å². The molecule has 0 aromatic heterocycles. The Labute approximate surface area is 93.0 Å². The molecule has 3 N–H and O–H groups in total. The molecule has 1 saturated heterocycles. The zero-order valence-electron chi connectivity index (χ0n) is 8.04. The Morgan fingerprint density at radius 2 is 2.07 bits per heavy atom. The molecule has 2 nitrogen and oxygen atoms in total. The van der Waals surface area contributed by atoms with Crippen molar-refractivity contribution in [3.8, 4) is 0 Å². The van der Waals surface area contributed by atoms with E-state index in [1.54, 1.807) is 0 Å². The number of hydrogen-bond donors (Lipinski definition) is 2. The Bertz CT molecular complexity index is 291. The second-order valence-corrected chi connectivity index (χ2v) is 4.70. The van der Waals surface area contributed by atoms with Crippen LogP contribution in [-0.4, -0.2) is 12.6 Å². The number of nitrogens with one attached hydrogen (secondary N) is 1. The standard InChI is InChI=1S/C11H15BrN2/c12-9-5-3-8(4-6-9)11(13)10-2-1-7-14-10/h3-6,10-11,14H,1-2,7,13H2. The van der Waals surface area contributed by atoms with Crippen molar-refractivity contribution in [1.82, 2.24) is 5.32 Å². The third-order valence-electron chi connectivity index (χ3n) is 2.79. The van der Waals surface area contributed by atoms with Crippen LogP contribution in [0.15, 0.2) is 28.7 Å². The van der Waals surface area contributed by atoms with Gasteiger partial charge in [-0.1, -0.05) is 28.1 Å². The summed E-state index contributed by atoms with van der Waals surface area (Å²) in [6.45, 7) is 1.11. The van der Waals surface area contributed by atoms with Crippen molar-refractivity contribution in [2.75, 3.05) is 6.54 Å². The van der Waals surface area contributed by atoms with Crippen molar-refractivity contribution in [3.63, 3.8) is 0 Å². The van der Waals surface area contributed by atoms with Crippen molar-refractivity contribution in [3.05, 3.63) is 34.3 Å². The highest BCUT2D eigenvalue weighted by Gasteiger charge is 2.22. The summed E-state index contributed by atoms with van der Waals surface area (Å²) in [6, 6.07) is 8.86. The summed E-state index contributed by atoms with van der Waals surface area (Å²) in [5.74, 6) is 0. The predicted octanol–water partition coefficient (Wildman–Crippen LogP) is 2.20. The van der Waals surface area contributed by atoms with Crippen LogP contribution in [0.1, 0.15) is 24.4 Å². The minimum absolute atomic E-state index is 0.130. The van der Waals surface area contributed by atoms with Crippen LogP contribution in [-0.2, 0) is 0 Å². The number of rotatable bonds is 2. The molecular weight excluding hydrogens is 240 g/mol. The van der Waals surface area contributed by atoms with Crippen molar-refractivity contribution < 1.29 is 0 Å². The Morgan fingerprint density at radius 1 is 1.36 bits per heavy atom. The molecular formula is C11H15BrN2. The molecule has 3 heteroatoms. The summed E-state index contributed by atoms with van der Waals surface area (Å²) in [7, 11) is 0. The molecule has 1 aliphatic rings. The van der Waals surface area contributed by atoms with Crippen LogP contribution in [0.25, 0.3) is 0 Å². The lowest BCUT2D eigenvalue weighted by molar-refractivity contribution is 0.501. The van der Waals surface area contributed by atoms with Crippen molar-refractivity contribution in [2.45, 2.75) is 24.9 Å². The normalized spacial score (nSPS) is 23.7. The molecule has 2 atom stereocenters. The largest absolute Gasteiger partial charge is 0.323 e. The molecule has 14 heavy (non-hydrogen) atoms. The first-order valence-corrected chi connectivity index (χ1v) is 5.81. The smallest absolute Gasteiger partial charge is 0.0450 e. The maximum Gasteiger partial charge on any atom is 0.0450 e. The number of nitrogens with two attached hydrogens (primary N) is 1. The van der Waals surface area contributed by atoms with Gasteiger partial charge in [-0.15, -0.1) is 0 Å². The minimum Gasteiger partial charge on any atom is -0.323 e. The van der Waals surface area contributed by atoms with Crippen LogP contribution >= 0.6 is 15.9 Å². The van der Waals surface area contributed by atoms with Gasteiger partial charge < -0.3 is 11.1 Å². The number of benzene rings is 1. The van der Waals surface area contributed by atoms with E-state index in [0.29, 0.717) is 6.04 Å². The summed E-state index contributed by atoms with van der Waals surface area (Å²) in [5.41, 5.74) is 7.39. The molecule has 0 amide bonds. The van der Waals surface area contributed by atoms with Gasteiger partial charge in [0.2, 0.25) is 0 Å². The lowest BCUT2D eigenvalue weighted by Crippen LogP contribution is -2.34. The van der Waals surface area contributed by atoms with E-state index in [-0.39, 0.29) is 6.04 Å². The van der Waals surface area contributed by atoms with E-state index in [1.165, 1.54) is 18.4 Å². The maximum absolute atomic E-state index is 6.17. The second-order valence-electron chi connectivity index (χ2n) is 3.78. The van der Waals surface area contributed by atoms with E-state index in [4.69, 9.17) is 5.73 Å². The molecule has 0 spiro atoms. The Balaban J connectivity index is 2.09. The van der Waals surface area contributed by atoms with Crippen molar-refractivity contribution in [2.24, 2.45) is 5.73 Å². The first kappa shape index (κ1) is 10.1. The molecule has 2 rings (SSSR count). The van der Waals surface area contributed by atoms with Gasteiger partial charge in [-0.05, 0) is 37.1 Å². The summed E-state index contributed by atoms with van der Waals surface area (Å²) < 4.78 is 1.10. The average molecular weight is 255 g/mol. The lowest BCUT2D eigenvalue weighted by atomic mass is 9.99. The fraction of sp³-hybridized carbons (Fsp3) is 0.455. The van der Waals surface area contributed by atoms with Crippen molar-refractivity contribution >= 4 is 15.9 Å². The molecule has 1 aromatic rings. The van der Waals surface area contributed by atoms with Gasteiger partial charge in [0, 0.05) is 16.6 Å². The van der Waals surface area contributed by atoms with Crippen LogP contribution in [0.3, 0.4) is 0 Å². The van der Waals surface area contributed by atoms with E-state index in [0.717, 1.165) is 11.0 Å². The quantitative estimate of drug-likeness (QED) is 0.850. The molecule has 76 valence electrons. The van der Waals surface area contributed by atoms with Gasteiger partial charge in [0.15, 0.2) is 0 Å². The van der Waals surface area contributed by atoms with Crippen LogP contribution < -0.4 is 11.1 Å². The topological polar surface area (TPSA) is 38.0 Å². The van der Waals surface area contributed by atoms with Gasteiger partial charge in [0.25, 0.3) is 0 Å². The maximum atomic E-state index is 6.17. The number of hydrogen-bond acceptors (Lipinski definition) is 2. The van der Waals surface area contributed by atoms with Gasteiger partial charge in [0.1, 0.15) is 0 Å². The van der Waals surface area contributed by atoms with Gasteiger partial charge in [-0.3, -0.25) is 0 Å². The summed E-state index contributed by atoms with van der Waals surface area (Å²) in [6.07, 6.45) is 2.44. The molecule has 0 radical (unpaired) electrons. The second kappa shape index (κ2) is 4.43. The summed E-state index contributed by atoms with van der Waals surface area (Å²) >= 11 is 3.42. The van der Waals surface area contributed by atoms with E-state index < -0.39 is 0 Å². The van der Waals surface area contributed by atoms with Crippen LogP contribution in [0.2, 0.25) is 0 Å². The SMILES string of the molecule is NC(c1ccc(Br)cc1)C1CCCN1. The highest BCUT2D eigenvalue weighted by Crippen LogP contribution is 2.22. The molecule has 1 fully saturated rings. The fourth-order valence-electron chi connectivity index (χ4n) is 1.94. The molecule has 1 heterocycles. The average Bonchev–Trinajstić information content (AvgIpc) is 2.71. The zero-order chi connectivity index (χ0) is 9.97. The molecule has 0 aliphatic carbocycles. The molecule has 0 bridgehead atoms. The van der Waals surface area contributed by atoms with Crippen molar-refractivity contribution in [1.29, 1.82) is 0 Å². The highest BCUT2D eigenvalue weighted by atomic mass is 79.9. The first-order chi connectivity index (χ1) is 6.77. The lowest BCUT2D eigenvalue weighted by Gasteiger charge is -2.19. The molecule has 0 saturated carbocycles. The highest BCUT2D eigenvalue weighted by molar-refractivity contribution is 9.10. The van der Waals surface area contributed by atoms with Crippen LogP contribution in [0.4, 0.5) is 0 Å². The summed E-state index contributed by atoms with van der Waals surface area (Å²) in [4.78, 5) is 0. The van der Waals surface area contributed by atoms with E-state index in [1.807, 2.05) is 12.1 Å². The van der Waals surface area contributed by atoms with E-state index in [9.17, 15) is 0 Å². The first-order valence-electron chi connectivity index (χ1n) is 5.02. The van der Waals surface area contributed by atoms with Gasteiger partial charge in [0.05, 0.1) is 0 Å². The third kappa shape index (κ3) is 2.16. The fourth-order valence-corrected chi connectivity index (χ4v) is 2.20.